The van der Waals surface area contributed by atoms with Gasteiger partial charge in [-0.05, 0) is 50.1 Å². The summed E-state index contributed by atoms with van der Waals surface area (Å²) < 4.78 is 6.33. The van der Waals surface area contributed by atoms with Crippen LogP contribution in [-0.2, 0) is 0 Å². The topological polar surface area (TPSA) is 26.3 Å². The molecule has 0 aliphatic carbocycles. The van der Waals surface area contributed by atoms with E-state index in [9.17, 15) is 4.79 Å². The molecule has 0 saturated heterocycles. The molecule has 0 fully saturated rings. The van der Waals surface area contributed by atoms with Crippen LogP contribution in [0.3, 0.4) is 0 Å². The maximum atomic E-state index is 12.1. The van der Waals surface area contributed by atoms with Crippen molar-refractivity contribution in [3.05, 3.63) is 63.1 Å². The number of ether oxygens (including phenoxy) is 1. The van der Waals surface area contributed by atoms with Crippen molar-refractivity contribution in [3.8, 4) is 5.75 Å². The van der Waals surface area contributed by atoms with Gasteiger partial charge in [0.2, 0.25) is 0 Å². The van der Waals surface area contributed by atoms with E-state index in [1.807, 2.05) is 45.0 Å². The van der Waals surface area contributed by atoms with Gasteiger partial charge >= 0.3 is 5.97 Å². The summed E-state index contributed by atoms with van der Waals surface area (Å²) in [5.74, 6) is 0.264. The van der Waals surface area contributed by atoms with Gasteiger partial charge < -0.3 is 4.74 Å². The first-order valence-corrected chi connectivity index (χ1v) is 6.82. The van der Waals surface area contributed by atoms with E-state index in [1.54, 1.807) is 12.1 Å². The smallest absolute Gasteiger partial charge is 0.343 e. The minimum Gasteiger partial charge on any atom is -0.423 e. The van der Waals surface area contributed by atoms with Crippen LogP contribution in [0.5, 0.6) is 5.75 Å². The second kappa shape index (κ2) is 5.57. The zero-order valence-corrected chi connectivity index (χ0v) is 12.7. The van der Waals surface area contributed by atoms with E-state index < -0.39 is 0 Å². The van der Waals surface area contributed by atoms with Crippen molar-refractivity contribution in [1.29, 1.82) is 0 Å². The Labute approximate surface area is 121 Å². The standard InChI is InChI=1S/C16H15BrO2/c1-10-4-7-15(12(3)8-10)19-16(18)13-6-5-11(2)14(17)9-13/h4-9H,1-3H3. The summed E-state index contributed by atoms with van der Waals surface area (Å²) in [6.45, 7) is 5.92. The van der Waals surface area contributed by atoms with Crippen LogP contribution in [0.1, 0.15) is 27.0 Å². The van der Waals surface area contributed by atoms with Crippen molar-refractivity contribution >= 4 is 21.9 Å². The van der Waals surface area contributed by atoms with E-state index >= 15 is 0 Å². The molecule has 98 valence electrons. The van der Waals surface area contributed by atoms with Crippen molar-refractivity contribution < 1.29 is 9.53 Å². The summed E-state index contributed by atoms with van der Waals surface area (Å²) in [5.41, 5.74) is 3.73. The highest BCUT2D eigenvalue weighted by atomic mass is 79.9. The molecule has 2 aromatic rings. The minimum absolute atomic E-state index is 0.340. The van der Waals surface area contributed by atoms with Crippen LogP contribution in [0.4, 0.5) is 0 Å². The molecule has 2 rings (SSSR count). The lowest BCUT2D eigenvalue weighted by Crippen LogP contribution is -2.09. The molecule has 0 aromatic heterocycles. The van der Waals surface area contributed by atoms with E-state index in [1.165, 1.54) is 0 Å². The summed E-state index contributed by atoms with van der Waals surface area (Å²) in [4.78, 5) is 12.1. The molecule has 0 aliphatic heterocycles. The Morgan fingerprint density at radius 3 is 2.37 bits per heavy atom. The van der Waals surface area contributed by atoms with Gasteiger partial charge in [-0.2, -0.15) is 0 Å². The van der Waals surface area contributed by atoms with Crippen molar-refractivity contribution in [2.75, 3.05) is 0 Å². The largest absolute Gasteiger partial charge is 0.423 e. The Hall–Kier alpha value is -1.61. The van der Waals surface area contributed by atoms with Crippen LogP contribution >= 0.6 is 15.9 Å². The number of hydrogen-bond acceptors (Lipinski definition) is 2. The highest BCUT2D eigenvalue weighted by Crippen LogP contribution is 2.22. The fraction of sp³-hybridized carbons (Fsp3) is 0.188. The molecule has 0 aliphatic rings. The Bertz CT molecular complexity index is 633. The quantitative estimate of drug-likeness (QED) is 0.597. The van der Waals surface area contributed by atoms with Gasteiger partial charge in [-0.25, -0.2) is 4.79 Å². The van der Waals surface area contributed by atoms with Gasteiger partial charge in [0.05, 0.1) is 5.56 Å². The molecule has 0 bridgehead atoms. The third-order valence-corrected chi connectivity index (χ3v) is 3.79. The molecule has 19 heavy (non-hydrogen) atoms. The molecule has 0 heterocycles. The van der Waals surface area contributed by atoms with Crippen molar-refractivity contribution in [1.82, 2.24) is 0 Å². The molecule has 3 heteroatoms. The first-order valence-electron chi connectivity index (χ1n) is 6.03. The number of aryl methyl sites for hydroxylation is 3. The molecule has 0 unspecified atom stereocenters. The third-order valence-electron chi connectivity index (χ3n) is 2.94. The number of benzene rings is 2. The first-order chi connectivity index (χ1) is 8.97. The average molecular weight is 319 g/mol. The van der Waals surface area contributed by atoms with Gasteiger partial charge in [0.1, 0.15) is 5.75 Å². The highest BCUT2D eigenvalue weighted by Gasteiger charge is 2.11. The zero-order valence-electron chi connectivity index (χ0n) is 11.2. The number of carbonyl (C=O) groups excluding carboxylic acids is 1. The van der Waals surface area contributed by atoms with E-state index in [-0.39, 0.29) is 5.97 Å². The molecular weight excluding hydrogens is 304 g/mol. The predicted molar refractivity (Wildman–Crippen MR) is 79.8 cm³/mol. The second-order valence-electron chi connectivity index (χ2n) is 4.62. The fourth-order valence-corrected chi connectivity index (χ4v) is 2.17. The van der Waals surface area contributed by atoms with Crippen LogP contribution in [0.2, 0.25) is 0 Å². The zero-order chi connectivity index (χ0) is 14.0. The molecule has 2 aromatic carbocycles. The number of hydrogen-bond donors (Lipinski definition) is 0. The second-order valence-corrected chi connectivity index (χ2v) is 5.48. The lowest BCUT2D eigenvalue weighted by atomic mass is 10.1. The number of esters is 1. The Morgan fingerprint density at radius 2 is 1.74 bits per heavy atom. The normalized spacial score (nSPS) is 10.3. The molecular formula is C16H15BrO2. The maximum Gasteiger partial charge on any atom is 0.343 e. The van der Waals surface area contributed by atoms with E-state index in [0.29, 0.717) is 11.3 Å². The highest BCUT2D eigenvalue weighted by molar-refractivity contribution is 9.10. The molecule has 0 spiro atoms. The molecule has 0 amide bonds. The maximum absolute atomic E-state index is 12.1. The predicted octanol–water partition coefficient (Wildman–Crippen LogP) is 4.59. The summed E-state index contributed by atoms with van der Waals surface area (Å²) in [6.07, 6.45) is 0. The van der Waals surface area contributed by atoms with Gasteiger partial charge in [0.15, 0.2) is 0 Å². The van der Waals surface area contributed by atoms with Gasteiger partial charge in [0.25, 0.3) is 0 Å². The van der Waals surface area contributed by atoms with Crippen LogP contribution in [0, 0.1) is 20.8 Å². The van der Waals surface area contributed by atoms with Gasteiger partial charge in [-0.1, -0.05) is 39.7 Å². The van der Waals surface area contributed by atoms with Crippen LogP contribution in [0.25, 0.3) is 0 Å². The van der Waals surface area contributed by atoms with Crippen molar-refractivity contribution in [3.63, 3.8) is 0 Å². The van der Waals surface area contributed by atoms with Gasteiger partial charge in [0, 0.05) is 4.47 Å². The van der Waals surface area contributed by atoms with E-state index in [0.717, 1.165) is 21.2 Å². The van der Waals surface area contributed by atoms with E-state index in [2.05, 4.69) is 15.9 Å². The third kappa shape index (κ3) is 3.24. The number of carbonyl (C=O) groups is 1. The molecule has 2 nitrogen and oxygen atoms in total. The van der Waals surface area contributed by atoms with Crippen molar-refractivity contribution in [2.45, 2.75) is 20.8 Å². The molecule has 0 saturated carbocycles. The van der Waals surface area contributed by atoms with Crippen LogP contribution in [0.15, 0.2) is 40.9 Å². The summed E-state index contributed by atoms with van der Waals surface area (Å²) in [5, 5.41) is 0. The number of rotatable bonds is 2. The first kappa shape index (κ1) is 13.8. The SMILES string of the molecule is Cc1ccc(OC(=O)c2ccc(C)c(Br)c2)c(C)c1. The summed E-state index contributed by atoms with van der Waals surface area (Å²) in [6, 6.07) is 11.2. The Morgan fingerprint density at radius 1 is 1.00 bits per heavy atom. The lowest BCUT2D eigenvalue weighted by molar-refractivity contribution is 0.0733. The van der Waals surface area contributed by atoms with Gasteiger partial charge in [-0.15, -0.1) is 0 Å². The summed E-state index contributed by atoms with van der Waals surface area (Å²) >= 11 is 3.42. The van der Waals surface area contributed by atoms with Gasteiger partial charge in [-0.3, -0.25) is 0 Å². The fourth-order valence-electron chi connectivity index (χ4n) is 1.79. The van der Waals surface area contributed by atoms with Crippen LogP contribution < -0.4 is 4.74 Å². The Kier molecular flexibility index (Phi) is 4.05. The molecule has 0 N–H and O–H groups in total. The van der Waals surface area contributed by atoms with Crippen LogP contribution in [-0.4, -0.2) is 5.97 Å². The molecule has 0 radical (unpaired) electrons. The average Bonchev–Trinajstić information content (AvgIpc) is 2.36. The minimum atomic E-state index is -0.340. The van der Waals surface area contributed by atoms with Crippen molar-refractivity contribution in [2.24, 2.45) is 0 Å². The summed E-state index contributed by atoms with van der Waals surface area (Å²) in [7, 11) is 0. The number of halogens is 1. The molecule has 0 atom stereocenters. The lowest BCUT2D eigenvalue weighted by Gasteiger charge is -2.08. The van der Waals surface area contributed by atoms with E-state index in [4.69, 9.17) is 4.74 Å². The Balaban J connectivity index is 2.23. The monoisotopic (exact) mass is 318 g/mol.